The van der Waals surface area contributed by atoms with Crippen molar-refractivity contribution in [3.05, 3.63) is 74.4 Å². The van der Waals surface area contributed by atoms with Gasteiger partial charge in [-0.2, -0.15) is 0 Å². The van der Waals surface area contributed by atoms with E-state index in [-0.39, 0.29) is 29.5 Å². The Bertz CT molecular complexity index is 1170. The summed E-state index contributed by atoms with van der Waals surface area (Å²) in [6.07, 6.45) is 0.765. The highest BCUT2D eigenvalue weighted by atomic mass is 35.5. The molecular weight excluding hydrogens is 432 g/mol. The molecule has 0 fully saturated rings. The minimum absolute atomic E-state index is 0.00206. The second-order valence-corrected chi connectivity index (χ2v) is 9.33. The molecule has 0 spiro atoms. The summed E-state index contributed by atoms with van der Waals surface area (Å²) < 4.78 is 5.13. The molecular formula is C24H23ClN2O5. The molecule has 8 heteroatoms. The molecule has 2 aromatic rings. The van der Waals surface area contributed by atoms with Crippen molar-refractivity contribution in [2.75, 3.05) is 12.0 Å². The Morgan fingerprint density at radius 3 is 2.53 bits per heavy atom. The number of carbonyl (C=O) groups excluding carboxylic acids is 2. The maximum Gasteiger partial charge on any atom is 0.297 e. The predicted molar refractivity (Wildman–Crippen MR) is 121 cm³/mol. The second kappa shape index (κ2) is 8.06. The Balaban J connectivity index is 1.96. The molecule has 32 heavy (non-hydrogen) atoms. The highest BCUT2D eigenvalue weighted by Gasteiger charge is 2.46. The maximum atomic E-state index is 13.5. The molecule has 0 bridgehead atoms. The number of Topliss-reactive ketones (excluding diaryl/α,β-unsaturated/α-hetero) is 1. The lowest BCUT2D eigenvalue weighted by atomic mass is 9.69. The van der Waals surface area contributed by atoms with Crippen molar-refractivity contribution < 1.29 is 19.2 Å². The fourth-order valence-electron chi connectivity index (χ4n) is 4.68. The third-order valence-corrected chi connectivity index (χ3v) is 6.39. The molecule has 0 N–H and O–H groups in total. The number of halogens is 1. The van der Waals surface area contributed by atoms with Gasteiger partial charge >= 0.3 is 0 Å². The monoisotopic (exact) mass is 454 g/mol. The van der Waals surface area contributed by atoms with Crippen molar-refractivity contribution >= 4 is 34.7 Å². The summed E-state index contributed by atoms with van der Waals surface area (Å²) in [7, 11) is 1.42. The third-order valence-electron chi connectivity index (χ3n) is 6.04. The molecule has 166 valence electrons. The van der Waals surface area contributed by atoms with Crippen molar-refractivity contribution in [2.45, 2.75) is 39.0 Å². The van der Waals surface area contributed by atoms with Gasteiger partial charge in [-0.15, -0.1) is 0 Å². The average molecular weight is 455 g/mol. The number of hydrogen-bond acceptors (Lipinski definition) is 5. The average Bonchev–Trinajstić information content (AvgIpc) is 2.72. The number of nitrogens with zero attached hydrogens (tertiary/aromatic N) is 2. The highest BCUT2D eigenvalue weighted by Crippen LogP contribution is 2.50. The van der Waals surface area contributed by atoms with Crippen LogP contribution in [0.25, 0.3) is 0 Å². The number of benzene rings is 2. The van der Waals surface area contributed by atoms with Gasteiger partial charge in [-0.1, -0.05) is 43.6 Å². The first-order valence-electron chi connectivity index (χ1n) is 10.3. The standard InChI is InChI=1S/C24H23ClN2O5/c1-24(2)12-20-23(21(28)13-24)16(15-6-4-5-7-17(15)25)11-22(29)26(20)18-9-8-14(32-3)10-19(18)27(30)31/h4-10,16H,11-13H2,1-3H3. The number of methoxy groups -OCH3 is 1. The number of ether oxygens (including phenoxy) is 1. The van der Waals surface area contributed by atoms with E-state index in [1.54, 1.807) is 18.2 Å². The van der Waals surface area contributed by atoms with Crippen molar-refractivity contribution in [1.82, 2.24) is 0 Å². The van der Waals surface area contributed by atoms with Gasteiger partial charge in [0, 0.05) is 35.1 Å². The van der Waals surface area contributed by atoms with Crippen LogP contribution in [-0.4, -0.2) is 23.7 Å². The molecule has 1 amide bonds. The molecule has 4 rings (SSSR count). The minimum atomic E-state index is -0.540. The van der Waals surface area contributed by atoms with Gasteiger partial charge in [0.2, 0.25) is 5.91 Å². The molecule has 0 aromatic heterocycles. The van der Waals surface area contributed by atoms with Gasteiger partial charge in [-0.3, -0.25) is 24.6 Å². The molecule has 0 radical (unpaired) electrons. The fraction of sp³-hybridized carbons (Fsp3) is 0.333. The molecule has 1 aliphatic carbocycles. The zero-order valence-corrected chi connectivity index (χ0v) is 18.8. The Morgan fingerprint density at radius 1 is 1.16 bits per heavy atom. The van der Waals surface area contributed by atoms with Crippen LogP contribution in [0.1, 0.15) is 44.6 Å². The molecule has 1 aliphatic heterocycles. The van der Waals surface area contributed by atoms with E-state index >= 15 is 0 Å². The van der Waals surface area contributed by atoms with E-state index < -0.39 is 16.3 Å². The molecule has 1 atom stereocenters. The van der Waals surface area contributed by atoms with E-state index in [4.69, 9.17) is 16.3 Å². The SMILES string of the molecule is COc1ccc(N2C(=O)CC(c3ccccc3Cl)C3=C2CC(C)(C)CC3=O)c([N+](=O)[O-])c1. The van der Waals surface area contributed by atoms with E-state index in [1.165, 1.54) is 24.1 Å². The van der Waals surface area contributed by atoms with Crippen molar-refractivity contribution in [2.24, 2.45) is 5.41 Å². The Labute approximate surface area is 190 Å². The lowest BCUT2D eigenvalue weighted by Crippen LogP contribution is -2.44. The first kappa shape index (κ1) is 22.0. The predicted octanol–water partition coefficient (Wildman–Crippen LogP) is 5.42. The van der Waals surface area contributed by atoms with Gasteiger partial charge in [0.15, 0.2) is 5.78 Å². The number of nitro benzene ring substituents is 1. The topological polar surface area (TPSA) is 89.8 Å². The second-order valence-electron chi connectivity index (χ2n) is 8.92. The number of allylic oxidation sites excluding steroid dienone is 2. The molecule has 2 aromatic carbocycles. The summed E-state index contributed by atoms with van der Waals surface area (Å²) >= 11 is 6.43. The Kier molecular flexibility index (Phi) is 5.54. The number of rotatable bonds is 4. The number of hydrogen-bond donors (Lipinski definition) is 0. The van der Waals surface area contributed by atoms with Crippen LogP contribution in [0.3, 0.4) is 0 Å². The van der Waals surface area contributed by atoms with Crippen LogP contribution in [0.5, 0.6) is 5.75 Å². The van der Waals surface area contributed by atoms with Gasteiger partial charge in [0.1, 0.15) is 11.4 Å². The Morgan fingerprint density at radius 2 is 1.88 bits per heavy atom. The summed E-state index contributed by atoms with van der Waals surface area (Å²) in [5.41, 5.74) is 1.24. The molecule has 2 aliphatic rings. The van der Waals surface area contributed by atoms with Crippen LogP contribution in [0.4, 0.5) is 11.4 Å². The molecule has 0 saturated heterocycles. The summed E-state index contributed by atoms with van der Waals surface area (Å²) in [5, 5.41) is 12.3. The third kappa shape index (κ3) is 3.77. The van der Waals surface area contributed by atoms with E-state index in [1.807, 2.05) is 26.0 Å². The summed E-state index contributed by atoms with van der Waals surface area (Å²) in [5.74, 6) is -0.543. The van der Waals surface area contributed by atoms with Crippen molar-refractivity contribution in [1.29, 1.82) is 0 Å². The van der Waals surface area contributed by atoms with Crippen molar-refractivity contribution in [3.63, 3.8) is 0 Å². The number of nitro groups is 1. The highest BCUT2D eigenvalue weighted by molar-refractivity contribution is 6.31. The normalized spacial score (nSPS) is 20.2. The van der Waals surface area contributed by atoms with Gasteiger partial charge in [-0.05, 0) is 35.6 Å². The van der Waals surface area contributed by atoms with Crippen LogP contribution in [0, 0.1) is 15.5 Å². The maximum absolute atomic E-state index is 13.5. The largest absolute Gasteiger partial charge is 0.496 e. The van der Waals surface area contributed by atoms with Crippen LogP contribution < -0.4 is 9.64 Å². The minimum Gasteiger partial charge on any atom is -0.496 e. The van der Waals surface area contributed by atoms with Crippen LogP contribution in [0.2, 0.25) is 5.02 Å². The molecule has 1 heterocycles. The van der Waals surface area contributed by atoms with E-state index in [2.05, 4.69) is 0 Å². The first-order valence-corrected chi connectivity index (χ1v) is 10.7. The molecule has 7 nitrogen and oxygen atoms in total. The van der Waals surface area contributed by atoms with E-state index in [9.17, 15) is 19.7 Å². The summed E-state index contributed by atoms with van der Waals surface area (Å²) in [6.45, 7) is 3.91. The lowest BCUT2D eigenvalue weighted by molar-refractivity contribution is -0.384. The zero-order chi connectivity index (χ0) is 23.2. The van der Waals surface area contributed by atoms with E-state index in [0.717, 1.165) is 0 Å². The Hall–Kier alpha value is -3.19. The van der Waals surface area contributed by atoms with Gasteiger partial charge in [-0.25, -0.2) is 0 Å². The van der Waals surface area contributed by atoms with E-state index in [0.29, 0.717) is 40.4 Å². The van der Waals surface area contributed by atoms with Crippen LogP contribution in [0.15, 0.2) is 53.7 Å². The van der Waals surface area contributed by atoms with Crippen LogP contribution >= 0.6 is 11.6 Å². The summed E-state index contributed by atoms with van der Waals surface area (Å²) in [4.78, 5) is 39.5. The molecule has 1 unspecified atom stereocenters. The fourth-order valence-corrected chi connectivity index (χ4v) is 4.95. The van der Waals surface area contributed by atoms with Gasteiger partial charge in [0.25, 0.3) is 5.69 Å². The quantitative estimate of drug-likeness (QED) is 0.454. The zero-order valence-electron chi connectivity index (χ0n) is 18.1. The number of ketones is 1. The first-order chi connectivity index (χ1) is 15.1. The van der Waals surface area contributed by atoms with Gasteiger partial charge < -0.3 is 4.74 Å². The smallest absolute Gasteiger partial charge is 0.297 e. The van der Waals surface area contributed by atoms with Crippen molar-refractivity contribution in [3.8, 4) is 5.75 Å². The lowest BCUT2D eigenvalue weighted by Gasteiger charge is -2.42. The number of anilines is 1. The molecule has 0 saturated carbocycles. The number of carbonyl (C=O) groups is 2. The van der Waals surface area contributed by atoms with Crippen LogP contribution in [-0.2, 0) is 9.59 Å². The summed E-state index contributed by atoms with van der Waals surface area (Å²) in [6, 6.07) is 11.5. The number of amides is 1. The van der Waals surface area contributed by atoms with Gasteiger partial charge in [0.05, 0.1) is 18.1 Å².